The molecule has 0 saturated carbocycles. The normalized spacial score (nSPS) is 9.45. The zero-order valence-corrected chi connectivity index (χ0v) is 6.27. The maximum atomic E-state index is 4.92. The van der Waals surface area contributed by atoms with Gasteiger partial charge in [0.25, 0.3) is 0 Å². The van der Waals surface area contributed by atoms with Crippen LogP contribution in [0, 0.1) is 4.64 Å². The van der Waals surface area contributed by atoms with Gasteiger partial charge in [-0.05, 0) is 0 Å². The van der Waals surface area contributed by atoms with Gasteiger partial charge in [0.1, 0.15) is 10.3 Å². The van der Waals surface area contributed by atoms with Gasteiger partial charge in [-0.2, -0.15) is 5.10 Å². The molecule has 5 nitrogen and oxygen atoms in total. The van der Waals surface area contributed by atoms with E-state index in [0.29, 0.717) is 4.64 Å². The van der Waals surface area contributed by atoms with Crippen molar-refractivity contribution in [1.29, 1.82) is 0 Å². The minimum absolute atomic E-state index is 0. The number of hydrogen-bond acceptors (Lipinski definition) is 3. The summed E-state index contributed by atoms with van der Waals surface area (Å²) in [4.78, 5) is 6.75. The van der Waals surface area contributed by atoms with Crippen molar-refractivity contribution in [2.24, 2.45) is 0 Å². The monoisotopic (exact) mass is 170 g/mol. The van der Waals surface area contributed by atoms with Crippen molar-refractivity contribution in [3.8, 4) is 0 Å². The van der Waals surface area contributed by atoms with E-state index in [1.54, 1.807) is 12.5 Å². The predicted octanol–water partition coefficient (Wildman–Crippen LogP) is 0.191. The van der Waals surface area contributed by atoms with Crippen molar-refractivity contribution in [2.75, 3.05) is 0 Å². The fourth-order valence-electron chi connectivity index (χ4n) is 0.783. The van der Waals surface area contributed by atoms with Crippen LogP contribution in [0.4, 0.5) is 0 Å². The van der Waals surface area contributed by atoms with E-state index in [1.165, 1.54) is 0 Å². The second kappa shape index (κ2) is 2.77. The third kappa shape index (κ3) is 1.13. The van der Waals surface area contributed by atoms with Gasteiger partial charge in [-0.25, -0.2) is 4.98 Å². The van der Waals surface area contributed by atoms with Crippen LogP contribution < -0.4 is 0 Å². The largest absolute Gasteiger partial charge is 0.412 e. The zero-order chi connectivity index (χ0) is 6.97. The second-order valence-electron chi connectivity index (χ2n) is 1.87. The lowest BCUT2D eigenvalue weighted by Gasteiger charge is -1.84. The minimum Gasteiger partial charge on any atom is -0.412 e. The molecule has 0 unspecified atom stereocenters. The lowest BCUT2D eigenvalue weighted by Crippen LogP contribution is -1.79. The summed E-state index contributed by atoms with van der Waals surface area (Å²) in [6, 6.07) is 0. The van der Waals surface area contributed by atoms with E-state index in [9.17, 15) is 0 Å². The summed E-state index contributed by atoms with van der Waals surface area (Å²) in [5.41, 5.74) is 0.819. The highest BCUT2D eigenvalue weighted by molar-refractivity contribution is 7.71. The van der Waals surface area contributed by atoms with Crippen LogP contribution in [0.15, 0.2) is 12.5 Å². The molecule has 0 atom stereocenters. The van der Waals surface area contributed by atoms with Crippen LogP contribution in [0.2, 0.25) is 0 Å². The summed E-state index contributed by atoms with van der Waals surface area (Å²) >= 11 is 4.92. The predicted molar refractivity (Wildman–Crippen MR) is 42.7 cm³/mol. The lowest BCUT2D eigenvalue weighted by atomic mass is 10.4. The highest BCUT2D eigenvalue weighted by Crippen LogP contribution is 2.04. The fourth-order valence-corrected chi connectivity index (χ4v) is 0.991. The average molecular weight is 170 g/mol. The first-order valence-corrected chi connectivity index (χ1v) is 3.15. The van der Waals surface area contributed by atoms with Crippen molar-refractivity contribution < 1.29 is 5.48 Å². The van der Waals surface area contributed by atoms with E-state index in [-0.39, 0.29) is 5.48 Å². The number of rotatable bonds is 0. The van der Waals surface area contributed by atoms with E-state index >= 15 is 0 Å². The van der Waals surface area contributed by atoms with Gasteiger partial charge >= 0.3 is 0 Å². The van der Waals surface area contributed by atoms with Crippen molar-refractivity contribution in [2.45, 2.75) is 0 Å². The van der Waals surface area contributed by atoms with E-state index < -0.39 is 0 Å². The number of fused-ring (bicyclic) bond motifs is 1. The Labute approximate surface area is 66.8 Å². The van der Waals surface area contributed by atoms with Gasteiger partial charge in [-0.15, -0.1) is 0 Å². The van der Waals surface area contributed by atoms with Crippen molar-refractivity contribution >= 4 is 23.3 Å². The molecule has 2 rings (SSSR count). The van der Waals surface area contributed by atoms with Crippen LogP contribution in [0.25, 0.3) is 11.0 Å². The van der Waals surface area contributed by atoms with E-state index in [1.807, 2.05) is 0 Å². The first kappa shape index (κ1) is 7.83. The van der Waals surface area contributed by atoms with E-state index in [4.69, 9.17) is 12.2 Å². The molecule has 0 fully saturated rings. The molecule has 0 amide bonds. The molecule has 2 aromatic heterocycles. The van der Waals surface area contributed by atoms with Crippen LogP contribution in [0.1, 0.15) is 0 Å². The maximum absolute atomic E-state index is 4.92. The molecule has 2 heterocycles. The molecule has 0 bridgehead atoms. The smallest absolute Gasteiger partial charge is 0.140 e. The Morgan fingerprint density at radius 3 is 3.00 bits per heavy atom. The molecule has 0 aliphatic rings. The topological polar surface area (TPSA) is 88.9 Å². The van der Waals surface area contributed by atoms with Crippen molar-refractivity contribution in [3.63, 3.8) is 0 Å². The Morgan fingerprint density at radius 1 is 1.45 bits per heavy atom. The first-order chi connectivity index (χ1) is 4.88. The number of H-pyrrole nitrogens is 2. The van der Waals surface area contributed by atoms with Crippen LogP contribution in [0.5, 0.6) is 0 Å². The fraction of sp³-hybridized carbons (Fsp3) is 0. The summed E-state index contributed by atoms with van der Waals surface area (Å²) < 4.78 is 0.572. The Hall–Kier alpha value is -1.27. The van der Waals surface area contributed by atoms with E-state index in [2.05, 4.69) is 20.2 Å². The van der Waals surface area contributed by atoms with Gasteiger partial charge in [0.2, 0.25) is 0 Å². The molecule has 0 aliphatic carbocycles. The molecule has 0 saturated heterocycles. The summed E-state index contributed by atoms with van der Waals surface area (Å²) in [5.74, 6) is 0. The average Bonchev–Trinajstić information content (AvgIpc) is 2.36. The van der Waals surface area contributed by atoms with Gasteiger partial charge in [-0.3, -0.25) is 5.10 Å². The second-order valence-corrected chi connectivity index (χ2v) is 2.25. The molecular formula is C5H6N4OS. The zero-order valence-electron chi connectivity index (χ0n) is 5.46. The summed E-state index contributed by atoms with van der Waals surface area (Å²) in [6.45, 7) is 0. The molecule has 4 N–H and O–H groups in total. The van der Waals surface area contributed by atoms with Gasteiger partial charge in [0.05, 0.1) is 17.9 Å². The number of nitrogens with zero attached hydrogens (tertiary/aromatic N) is 2. The van der Waals surface area contributed by atoms with Crippen molar-refractivity contribution in [3.05, 3.63) is 17.2 Å². The highest BCUT2D eigenvalue weighted by Gasteiger charge is 1.94. The number of hydrogen-bond donors (Lipinski definition) is 2. The quantitative estimate of drug-likeness (QED) is 0.553. The molecule has 0 aliphatic heterocycles. The van der Waals surface area contributed by atoms with Crippen LogP contribution in [-0.4, -0.2) is 25.6 Å². The van der Waals surface area contributed by atoms with Gasteiger partial charge in [0.15, 0.2) is 0 Å². The first-order valence-electron chi connectivity index (χ1n) is 2.75. The van der Waals surface area contributed by atoms with Gasteiger partial charge < -0.3 is 10.5 Å². The molecule has 6 heteroatoms. The van der Waals surface area contributed by atoms with Gasteiger partial charge in [-0.1, -0.05) is 12.2 Å². The Balaban J connectivity index is 0.000000605. The summed E-state index contributed by atoms with van der Waals surface area (Å²) in [5, 5.41) is 7.41. The van der Waals surface area contributed by atoms with Crippen LogP contribution in [-0.2, 0) is 0 Å². The molecule has 11 heavy (non-hydrogen) atoms. The number of nitrogens with one attached hydrogen (secondary N) is 2. The Morgan fingerprint density at radius 2 is 2.27 bits per heavy atom. The van der Waals surface area contributed by atoms with Crippen LogP contribution >= 0.6 is 12.2 Å². The van der Waals surface area contributed by atoms with Gasteiger partial charge in [0, 0.05) is 0 Å². The van der Waals surface area contributed by atoms with Crippen LogP contribution in [0.3, 0.4) is 0 Å². The number of aromatic amines is 2. The van der Waals surface area contributed by atoms with E-state index in [0.717, 1.165) is 11.0 Å². The molecule has 58 valence electrons. The minimum atomic E-state index is 0. The summed E-state index contributed by atoms with van der Waals surface area (Å²) in [6.07, 6.45) is 3.20. The molecule has 0 aromatic carbocycles. The number of aromatic nitrogens is 4. The lowest BCUT2D eigenvalue weighted by molar-refractivity contribution is 0.824. The molecule has 0 spiro atoms. The standard InChI is InChI=1S/C5H4N4S.H2O/c10-5-3-1-8-9-4(3)6-2-7-5;/h1-2H,(H2,6,7,8,9,10);1H2. The van der Waals surface area contributed by atoms with Crippen molar-refractivity contribution in [1.82, 2.24) is 20.2 Å². The maximum Gasteiger partial charge on any atom is 0.140 e. The third-order valence-corrected chi connectivity index (χ3v) is 1.59. The highest BCUT2D eigenvalue weighted by atomic mass is 32.1. The third-order valence-electron chi connectivity index (χ3n) is 1.26. The SMILES string of the molecule is O.S=c1nc[nH]c2[nH]ncc12. The Bertz CT molecular complexity index is 406. The molecular weight excluding hydrogens is 164 g/mol. The Kier molecular flexibility index (Phi) is 1.97. The molecule has 2 aromatic rings. The summed E-state index contributed by atoms with van der Waals surface area (Å²) in [7, 11) is 0. The molecule has 0 radical (unpaired) electrons.